The van der Waals surface area contributed by atoms with E-state index in [-0.39, 0.29) is 17.1 Å². The third-order valence-corrected chi connectivity index (χ3v) is 7.26. The summed E-state index contributed by atoms with van der Waals surface area (Å²) >= 11 is 1.32. The molecule has 0 unspecified atom stereocenters. The molecule has 0 saturated heterocycles. The van der Waals surface area contributed by atoms with Gasteiger partial charge >= 0.3 is 11.9 Å². The highest BCUT2D eigenvalue weighted by atomic mass is 32.2. The van der Waals surface area contributed by atoms with E-state index in [0.29, 0.717) is 10.6 Å². The SMILES string of the molecule is CCOC(=O)c1c(NC(=O)COC(=O)c2cccc(S(=O)(=O)NC)c2)sc2c1CCC2. The highest BCUT2D eigenvalue weighted by Crippen LogP contribution is 2.39. The largest absolute Gasteiger partial charge is 0.462 e. The summed E-state index contributed by atoms with van der Waals surface area (Å²) in [6, 6.07) is 5.29. The predicted molar refractivity (Wildman–Crippen MR) is 114 cm³/mol. The average molecular weight is 467 g/mol. The van der Waals surface area contributed by atoms with E-state index in [9.17, 15) is 22.8 Å². The predicted octanol–water partition coefficient (Wildman–Crippen LogP) is 2.12. The standard InChI is InChI=1S/C20H22N2O7S2/c1-3-28-20(25)17-14-8-5-9-15(14)30-18(17)22-16(23)11-29-19(24)12-6-4-7-13(10-12)31(26,27)21-2/h4,6-7,10,21H,3,5,8-9,11H2,1-2H3,(H,22,23). The first-order chi connectivity index (χ1) is 14.8. The van der Waals surface area contributed by atoms with Gasteiger partial charge in [-0.05, 0) is 57.0 Å². The van der Waals surface area contributed by atoms with Crippen LogP contribution in [0, 0.1) is 0 Å². The van der Waals surface area contributed by atoms with Crippen LogP contribution in [0.25, 0.3) is 0 Å². The van der Waals surface area contributed by atoms with E-state index >= 15 is 0 Å². The van der Waals surface area contributed by atoms with Crippen molar-refractivity contribution in [1.82, 2.24) is 4.72 Å². The number of thiophene rings is 1. The molecule has 11 heteroatoms. The monoisotopic (exact) mass is 466 g/mol. The van der Waals surface area contributed by atoms with Crippen molar-refractivity contribution >= 4 is 44.2 Å². The Bertz CT molecular complexity index is 1120. The number of carbonyl (C=O) groups excluding carboxylic acids is 3. The number of fused-ring (bicyclic) bond motifs is 1. The van der Waals surface area contributed by atoms with Crippen molar-refractivity contribution in [3.05, 3.63) is 45.8 Å². The minimum Gasteiger partial charge on any atom is -0.462 e. The number of ether oxygens (including phenoxy) is 2. The molecule has 0 aliphatic heterocycles. The zero-order valence-corrected chi connectivity index (χ0v) is 18.7. The highest BCUT2D eigenvalue weighted by molar-refractivity contribution is 7.89. The first-order valence-corrected chi connectivity index (χ1v) is 11.9. The fourth-order valence-corrected chi connectivity index (χ4v) is 5.27. The topological polar surface area (TPSA) is 128 Å². The lowest BCUT2D eigenvalue weighted by Crippen LogP contribution is -2.22. The Morgan fingerprint density at radius 1 is 1.13 bits per heavy atom. The Labute approximate surface area is 183 Å². The Hall–Kier alpha value is -2.76. The van der Waals surface area contributed by atoms with E-state index in [4.69, 9.17) is 9.47 Å². The third kappa shape index (κ3) is 5.12. The van der Waals surface area contributed by atoms with Crippen LogP contribution < -0.4 is 10.0 Å². The Morgan fingerprint density at radius 3 is 2.61 bits per heavy atom. The highest BCUT2D eigenvalue weighted by Gasteiger charge is 2.28. The lowest BCUT2D eigenvalue weighted by molar-refractivity contribution is -0.119. The Balaban J connectivity index is 1.67. The maximum atomic E-state index is 12.4. The molecule has 0 atom stereocenters. The van der Waals surface area contributed by atoms with Gasteiger partial charge in [0.1, 0.15) is 5.00 Å². The Morgan fingerprint density at radius 2 is 1.90 bits per heavy atom. The van der Waals surface area contributed by atoms with Crippen molar-refractivity contribution in [2.24, 2.45) is 0 Å². The van der Waals surface area contributed by atoms with Crippen molar-refractivity contribution in [1.29, 1.82) is 0 Å². The normalized spacial score (nSPS) is 12.8. The smallest absolute Gasteiger partial charge is 0.341 e. The second-order valence-corrected chi connectivity index (χ2v) is 9.63. The van der Waals surface area contributed by atoms with Crippen LogP contribution in [0.4, 0.5) is 5.00 Å². The number of anilines is 1. The molecule has 1 aliphatic carbocycles. The van der Waals surface area contributed by atoms with E-state index in [1.807, 2.05) is 0 Å². The fourth-order valence-electron chi connectivity index (χ4n) is 3.20. The second-order valence-electron chi connectivity index (χ2n) is 6.64. The van der Waals surface area contributed by atoms with Crippen LogP contribution in [0.15, 0.2) is 29.2 Å². The van der Waals surface area contributed by atoms with Gasteiger partial charge in [-0.1, -0.05) is 6.07 Å². The van der Waals surface area contributed by atoms with Crippen LogP contribution in [0.5, 0.6) is 0 Å². The van der Waals surface area contributed by atoms with Crippen molar-refractivity contribution in [3.63, 3.8) is 0 Å². The van der Waals surface area contributed by atoms with Gasteiger partial charge in [0.05, 0.1) is 22.6 Å². The fraction of sp³-hybridized carbons (Fsp3) is 0.350. The number of hydrogen-bond acceptors (Lipinski definition) is 8. The summed E-state index contributed by atoms with van der Waals surface area (Å²) in [5, 5.41) is 3.01. The number of esters is 2. The Kier molecular flexibility index (Phi) is 7.08. The molecule has 1 aliphatic rings. The van der Waals surface area contributed by atoms with Gasteiger partial charge in [-0.15, -0.1) is 11.3 Å². The summed E-state index contributed by atoms with van der Waals surface area (Å²) in [4.78, 5) is 37.9. The van der Waals surface area contributed by atoms with Crippen LogP contribution in [0.1, 0.15) is 44.5 Å². The number of nitrogens with one attached hydrogen (secondary N) is 2. The van der Waals surface area contributed by atoms with Crippen LogP contribution in [-0.4, -0.2) is 46.5 Å². The molecule has 2 N–H and O–H groups in total. The molecule has 0 fully saturated rings. The van der Waals surface area contributed by atoms with Gasteiger partial charge in [0.15, 0.2) is 6.61 Å². The lowest BCUT2D eigenvalue weighted by atomic mass is 10.1. The van der Waals surface area contributed by atoms with E-state index in [1.165, 1.54) is 36.6 Å². The van der Waals surface area contributed by atoms with Gasteiger partial charge < -0.3 is 14.8 Å². The van der Waals surface area contributed by atoms with Crippen LogP contribution >= 0.6 is 11.3 Å². The van der Waals surface area contributed by atoms with Crippen LogP contribution in [0.3, 0.4) is 0 Å². The second kappa shape index (κ2) is 9.58. The number of amides is 1. The molecule has 166 valence electrons. The molecule has 0 bridgehead atoms. The van der Waals surface area contributed by atoms with Crippen molar-refractivity contribution in [2.45, 2.75) is 31.1 Å². The number of hydrogen-bond donors (Lipinski definition) is 2. The maximum absolute atomic E-state index is 12.4. The molecule has 2 aromatic rings. The molecule has 1 aromatic carbocycles. The summed E-state index contributed by atoms with van der Waals surface area (Å²) < 4.78 is 36.0. The van der Waals surface area contributed by atoms with Crippen molar-refractivity contribution in [2.75, 3.05) is 25.6 Å². The molecule has 9 nitrogen and oxygen atoms in total. The number of aryl methyl sites for hydroxylation is 1. The summed E-state index contributed by atoms with van der Waals surface area (Å²) in [6.07, 6.45) is 2.53. The van der Waals surface area contributed by atoms with E-state index in [0.717, 1.165) is 35.8 Å². The van der Waals surface area contributed by atoms with Gasteiger partial charge in [0.25, 0.3) is 5.91 Å². The van der Waals surface area contributed by atoms with Gasteiger partial charge in [-0.3, -0.25) is 4.79 Å². The van der Waals surface area contributed by atoms with E-state index in [2.05, 4.69) is 10.0 Å². The minimum absolute atomic E-state index is 0.00793. The summed E-state index contributed by atoms with van der Waals surface area (Å²) in [6.45, 7) is 1.34. The first kappa shape index (κ1) is 22.9. The zero-order valence-electron chi connectivity index (χ0n) is 17.0. The molecule has 0 radical (unpaired) electrons. The number of sulfonamides is 1. The minimum atomic E-state index is -3.72. The summed E-state index contributed by atoms with van der Waals surface area (Å²) in [5.74, 6) is -1.95. The lowest BCUT2D eigenvalue weighted by Gasteiger charge is -2.09. The molecule has 3 rings (SSSR count). The van der Waals surface area contributed by atoms with Gasteiger partial charge in [-0.25, -0.2) is 22.7 Å². The third-order valence-electron chi connectivity index (χ3n) is 4.64. The van der Waals surface area contributed by atoms with Gasteiger partial charge in [0, 0.05) is 4.88 Å². The van der Waals surface area contributed by atoms with E-state index in [1.54, 1.807) is 6.92 Å². The van der Waals surface area contributed by atoms with Crippen LogP contribution in [-0.2, 0) is 37.1 Å². The number of carbonyl (C=O) groups is 3. The average Bonchev–Trinajstić information content (AvgIpc) is 3.33. The summed E-state index contributed by atoms with van der Waals surface area (Å²) in [5.41, 5.74) is 1.26. The molecule has 1 aromatic heterocycles. The molecular weight excluding hydrogens is 444 g/mol. The molecule has 0 saturated carbocycles. The molecular formula is C20H22N2O7S2. The maximum Gasteiger partial charge on any atom is 0.341 e. The van der Waals surface area contributed by atoms with Crippen molar-refractivity contribution in [3.8, 4) is 0 Å². The van der Waals surface area contributed by atoms with Crippen molar-refractivity contribution < 1.29 is 32.3 Å². The first-order valence-electron chi connectivity index (χ1n) is 9.59. The van der Waals surface area contributed by atoms with Gasteiger partial charge in [-0.2, -0.15) is 0 Å². The molecule has 1 heterocycles. The molecule has 31 heavy (non-hydrogen) atoms. The number of rotatable bonds is 8. The summed E-state index contributed by atoms with van der Waals surface area (Å²) in [7, 11) is -2.46. The van der Waals surface area contributed by atoms with E-state index < -0.39 is 34.5 Å². The molecule has 1 amide bonds. The van der Waals surface area contributed by atoms with Gasteiger partial charge in [0.2, 0.25) is 10.0 Å². The van der Waals surface area contributed by atoms with Crippen LogP contribution in [0.2, 0.25) is 0 Å². The zero-order chi connectivity index (χ0) is 22.6. The molecule has 0 spiro atoms. The number of benzene rings is 1. The quantitative estimate of drug-likeness (QED) is 0.570.